The number of fused-ring (bicyclic) bond motifs is 8. The second-order valence-electron chi connectivity index (χ2n) is 12.2. The molecule has 0 N–H and O–H groups in total. The summed E-state index contributed by atoms with van der Waals surface area (Å²) < 4.78 is 7.29. The van der Waals surface area contributed by atoms with Crippen LogP contribution in [0.15, 0.2) is 176 Å². The summed E-state index contributed by atoms with van der Waals surface area (Å²) in [6.07, 6.45) is 0. The Hall–Kier alpha value is -6.32. The molecule has 0 aliphatic rings. The lowest BCUT2D eigenvalue weighted by Crippen LogP contribution is -1.95. The van der Waals surface area contributed by atoms with Gasteiger partial charge in [-0.25, -0.2) is 0 Å². The van der Waals surface area contributed by atoms with Crippen molar-refractivity contribution in [1.29, 1.82) is 0 Å². The van der Waals surface area contributed by atoms with Crippen LogP contribution in [0.2, 0.25) is 0 Å². The monoisotopic (exact) mass is 599 g/mol. The smallest absolute Gasteiger partial charge is 0.0803 e. The second-order valence-corrected chi connectivity index (χ2v) is 12.2. The average Bonchev–Trinajstić information content (AvgIpc) is 3.78. The minimum atomic E-state index is 1.15. The summed E-state index contributed by atoms with van der Waals surface area (Å²) in [4.78, 5) is 0. The van der Waals surface area contributed by atoms with Crippen LogP contribution in [0.1, 0.15) is 0 Å². The van der Waals surface area contributed by atoms with Crippen molar-refractivity contribution in [2.45, 2.75) is 0 Å². The van der Waals surface area contributed by atoms with Gasteiger partial charge in [0.05, 0.1) is 33.1 Å². The van der Waals surface area contributed by atoms with Crippen LogP contribution in [0.4, 0.5) is 0 Å². The molecule has 220 valence electrons. The molecule has 0 aliphatic carbocycles. The van der Waals surface area contributed by atoms with E-state index >= 15 is 0 Å². The molecule has 0 atom stereocenters. The first-order chi connectivity index (χ1) is 23.3. The molecule has 0 saturated carbocycles. The van der Waals surface area contributed by atoms with Gasteiger partial charge in [0.2, 0.25) is 0 Å². The molecule has 3 heterocycles. The number of hydrogen-bond acceptors (Lipinski definition) is 0. The van der Waals surface area contributed by atoms with E-state index in [2.05, 4.69) is 190 Å². The topological polar surface area (TPSA) is 14.8 Å². The minimum absolute atomic E-state index is 1.15. The van der Waals surface area contributed by atoms with Crippen molar-refractivity contribution in [2.24, 2.45) is 0 Å². The van der Waals surface area contributed by atoms with Gasteiger partial charge >= 0.3 is 0 Å². The van der Waals surface area contributed by atoms with Gasteiger partial charge in [0.1, 0.15) is 0 Å². The summed E-state index contributed by atoms with van der Waals surface area (Å²) in [5, 5.41) is 4.95. The predicted molar refractivity (Wildman–Crippen MR) is 197 cm³/mol. The highest BCUT2D eigenvalue weighted by atomic mass is 15.1. The summed E-state index contributed by atoms with van der Waals surface area (Å²) in [5.41, 5.74) is 13.2. The predicted octanol–water partition coefficient (Wildman–Crippen LogP) is 11.5. The molecule has 0 radical (unpaired) electrons. The molecule has 3 heteroatoms. The van der Waals surface area contributed by atoms with E-state index in [4.69, 9.17) is 0 Å². The number of benzene rings is 7. The van der Waals surface area contributed by atoms with E-state index < -0.39 is 0 Å². The van der Waals surface area contributed by atoms with Crippen LogP contribution in [0.3, 0.4) is 0 Å². The molecule has 47 heavy (non-hydrogen) atoms. The fourth-order valence-corrected chi connectivity index (χ4v) is 7.62. The molecule has 0 unspecified atom stereocenters. The highest BCUT2D eigenvalue weighted by Gasteiger charge is 2.22. The Balaban J connectivity index is 1.32. The van der Waals surface area contributed by atoms with Crippen LogP contribution in [-0.4, -0.2) is 13.7 Å². The van der Waals surface area contributed by atoms with Crippen molar-refractivity contribution < 1.29 is 0 Å². The van der Waals surface area contributed by atoms with Gasteiger partial charge in [0, 0.05) is 38.6 Å². The Morgan fingerprint density at radius 2 is 0.702 bits per heavy atom. The molecular weight excluding hydrogens is 571 g/mol. The summed E-state index contributed by atoms with van der Waals surface area (Å²) in [6, 6.07) is 63.6. The van der Waals surface area contributed by atoms with Gasteiger partial charge in [-0.1, -0.05) is 109 Å². The van der Waals surface area contributed by atoms with E-state index in [1.807, 2.05) is 0 Å². The second kappa shape index (κ2) is 10.1. The molecule has 7 aromatic carbocycles. The van der Waals surface area contributed by atoms with Gasteiger partial charge < -0.3 is 13.7 Å². The quantitative estimate of drug-likeness (QED) is 0.191. The Morgan fingerprint density at radius 1 is 0.255 bits per heavy atom. The SMILES string of the molecule is c1ccc(-c2ccc3c(c2)c2cc(-n4c5ccccc5c5c4c4ccccc4n5-c4ccccc4)ccc2n3-c2ccccc2)cc1. The van der Waals surface area contributed by atoms with Gasteiger partial charge in [0.25, 0.3) is 0 Å². The Labute approximate surface area is 271 Å². The molecule has 0 aliphatic heterocycles. The van der Waals surface area contributed by atoms with Crippen molar-refractivity contribution >= 4 is 54.6 Å². The van der Waals surface area contributed by atoms with Gasteiger partial charge in [-0.15, -0.1) is 0 Å². The lowest BCUT2D eigenvalue weighted by atomic mass is 10.0. The van der Waals surface area contributed by atoms with Crippen molar-refractivity contribution in [3.8, 4) is 28.2 Å². The zero-order valence-electron chi connectivity index (χ0n) is 25.6. The third kappa shape index (κ3) is 3.81. The summed E-state index contributed by atoms with van der Waals surface area (Å²) in [6.45, 7) is 0. The van der Waals surface area contributed by atoms with E-state index in [1.165, 1.54) is 65.8 Å². The summed E-state index contributed by atoms with van der Waals surface area (Å²) in [7, 11) is 0. The summed E-state index contributed by atoms with van der Waals surface area (Å²) >= 11 is 0. The lowest BCUT2D eigenvalue weighted by molar-refractivity contribution is 1.16. The molecule has 0 amide bonds. The van der Waals surface area contributed by atoms with E-state index in [0.717, 1.165) is 17.1 Å². The maximum Gasteiger partial charge on any atom is 0.0803 e. The molecule has 0 saturated heterocycles. The van der Waals surface area contributed by atoms with Crippen molar-refractivity contribution in [3.63, 3.8) is 0 Å². The first-order valence-electron chi connectivity index (χ1n) is 16.1. The Kier molecular flexibility index (Phi) is 5.57. The third-order valence-electron chi connectivity index (χ3n) is 9.61. The standard InChI is InChI=1S/C44H29N3/c1-4-14-30(15-5-1)31-24-26-41-37(28-31)38-29-34(25-27-42(38)45(41)32-16-6-2-7-17-32)47-40-23-13-11-21-36(40)43-44(47)35-20-10-12-22-39(35)46(43)33-18-8-3-9-19-33/h1-29H. The normalized spacial score (nSPS) is 11.8. The molecule has 0 bridgehead atoms. The van der Waals surface area contributed by atoms with Crippen LogP contribution in [0.5, 0.6) is 0 Å². The van der Waals surface area contributed by atoms with Crippen molar-refractivity contribution in [3.05, 3.63) is 176 Å². The fourth-order valence-electron chi connectivity index (χ4n) is 7.62. The zero-order valence-corrected chi connectivity index (χ0v) is 25.6. The van der Waals surface area contributed by atoms with Crippen LogP contribution >= 0.6 is 0 Å². The maximum atomic E-state index is 2.47. The van der Waals surface area contributed by atoms with E-state index in [0.29, 0.717) is 0 Å². The van der Waals surface area contributed by atoms with E-state index in [9.17, 15) is 0 Å². The Morgan fingerprint density at radius 3 is 1.32 bits per heavy atom. The van der Waals surface area contributed by atoms with Gasteiger partial charge in [-0.3, -0.25) is 0 Å². The summed E-state index contributed by atoms with van der Waals surface area (Å²) in [5.74, 6) is 0. The van der Waals surface area contributed by atoms with Crippen LogP contribution in [0, 0.1) is 0 Å². The van der Waals surface area contributed by atoms with Crippen LogP contribution in [0.25, 0.3) is 82.8 Å². The van der Waals surface area contributed by atoms with Gasteiger partial charge in [-0.2, -0.15) is 0 Å². The first-order valence-corrected chi connectivity index (χ1v) is 16.1. The molecule has 0 spiro atoms. The largest absolute Gasteiger partial charge is 0.309 e. The molecular formula is C44H29N3. The maximum absolute atomic E-state index is 2.47. The molecule has 3 nitrogen and oxygen atoms in total. The first kappa shape index (κ1) is 26.0. The van der Waals surface area contributed by atoms with Crippen LogP contribution in [-0.2, 0) is 0 Å². The lowest BCUT2D eigenvalue weighted by Gasteiger charge is -2.10. The number of para-hydroxylation sites is 4. The van der Waals surface area contributed by atoms with Gasteiger partial charge in [-0.05, 0) is 77.9 Å². The highest BCUT2D eigenvalue weighted by molar-refractivity contribution is 6.20. The Bertz CT molecular complexity index is 2760. The number of rotatable bonds is 4. The van der Waals surface area contributed by atoms with Crippen molar-refractivity contribution in [1.82, 2.24) is 13.7 Å². The number of nitrogens with zero attached hydrogens (tertiary/aromatic N) is 3. The molecule has 10 aromatic rings. The molecule has 10 rings (SSSR count). The number of aromatic nitrogens is 3. The van der Waals surface area contributed by atoms with Crippen LogP contribution < -0.4 is 0 Å². The molecule has 0 fully saturated rings. The van der Waals surface area contributed by atoms with E-state index in [1.54, 1.807) is 0 Å². The minimum Gasteiger partial charge on any atom is -0.309 e. The highest BCUT2D eigenvalue weighted by Crippen LogP contribution is 2.42. The average molecular weight is 600 g/mol. The zero-order chi connectivity index (χ0) is 30.9. The van der Waals surface area contributed by atoms with Gasteiger partial charge in [0.15, 0.2) is 0 Å². The van der Waals surface area contributed by atoms with E-state index in [-0.39, 0.29) is 0 Å². The third-order valence-corrected chi connectivity index (χ3v) is 9.61. The fraction of sp³-hybridized carbons (Fsp3) is 0. The molecule has 3 aromatic heterocycles. The van der Waals surface area contributed by atoms with Crippen molar-refractivity contribution in [2.75, 3.05) is 0 Å². The number of hydrogen-bond donors (Lipinski definition) is 0.